The first-order valence-corrected chi connectivity index (χ1v) is 6.81. The monoisotopic (exact) mass is 365 g/mol. The van der Waals surface area contributed by atoms with Crippen LogP contribution in [0, 0.1) is 36.0 Å². The Kier molecular flexibility index (Phi) is 4.61. The zero-order valence-corrected chi connectivity index (χ0v) is 12.3. The maximum Gasteiger partial charge on any atom is 0.200 e. The average molecular weight is 366 g/mol. The average Bonchev–Trinajstić information content (AvgIpc) is 2.46. The van der Waals surface area contributed by atoms with Gasteiger partial charge in [0.2, 0.25) is 5.82 Å². The number of hydrogen-bond acceptors (Lipinski definition) is 1. The van der Waals surface area contributed by atoms with Gasteiger partial charge >= 0.3 is 0 Å². The van der Waals surface area contributed by atoms with Crippen molar-refractivity contribution >= 4 is 15.9 Å². The Labute approximate surface area is 125 Å². The Morgan fingerprint density at radius 3 is 1.95 bits per heavy atom. The third-order valence-electron chi connectivity index (χ3n) is 2.92. The van der Waals surface area contributed by atoms with E-state index in [2.05, 4.69) is 20.9 Å². The van der Waals surface area contributed by atoms with E-state index in [4.69, 9.17) is 0 Å². The Morgan fingerprint density at radius 2 is 1.48 bits per heavy atom. The summed E-state index contributed by atoms with van der Waals surface area (Å²) in [6.45, 7) is 1.81. The highest BCUT2D eigenvalue weighted by Crippen LogP contribution is 2.34. The molecule has 0 saturated heterocycles. The van der Waals surface area contributed by atoms with E-state index in [1.54, 1.807) is 18.3 Å². The summed E-state index contributed by atoms with van der Waals surface area (Å²) in [4.78, 5) is 2.94. The van der Waals surface area contributed by atoms with Crippen molar-refractivity contribution in [1.82, 2.24) is 4.98 Å². The van der Waals surface area contributed by atoms with Crippen molar-refractivity contribution in [3.63, 3.8) is 0 Å². The van der Waals surface area contributed by atoms with Gasteiger partial charge in [0, 0.05) is 23.9 Å². The maximum absolute atomic E-state index is 13.6. The number of rotatable bonds is 3. The minimum Gasteiger partial charge on any atom is -0.261 e. The van der Waals surface area contributed by atoms with Gasteiger partial charge in [0.25, 0.3) is 0 Å². The summed E-state index contributed by atoms with van der Waals surface area (Å²) in [5.41, 5.74) is 0.460. The van der Waals surface area contributed by atoms with E-state index in [1.165, 1.54) is 0 Å². The van der Waals surface area contributed by atoms with Crippen LogP contribution in [-0.2, 0) is 6.42 Å². The smallest absolute Gasteiger partial charge is 0.200 e. The summed E-state index contributed by atoms with van der Waals surface area (Å²) in [6.07, 6.45) is 1.53. The standard InChI is InChI=1S/C14H9BrF5N/c1-6-2-3-7(21-5-6)4-8(15)9-10(16)12(18)14(20)13(19)11(9)17/h2-3,5,8H,4H2,1H3. The molecule has 1 heterocycles. The Balaban J connectivity index is 2.39. The Hall–Kier alpha value is -1.50. The van der Waals surface area contributed by atoms with E-state index in [-0.39, 0.29) is 6.42 Å². The molecule has 21 heavy (non-hydrogen) atoms. The molecule has 0 aliphatic carbocycles. The lowest BCUT2D eigenvalue weighted by Crippen LogP contribution is -2.10. The van der Waals surface area contributed by atoms with Crippen molar-refractivity contribution < 1.29 is 22.0 Å². The van der Waals surface area contributed by atoms with Gasteiger partial charge in [-0.1, -0.05) is 22.0 Å². The largest absolute Gasteiger partial charge is 0.261 e. The second-order valence-electron chi connectivity index (χ2n) is 4.48. The van der Waals surface area contributed by atoms with Gasteiger partial charge in [0.15, 0.2) is 23.3 Å². The minimum absolute atomic E-state index is 0.0152. The molecule has 1 aromatic heterocycles. The minimum atomic E-state index is -2.16. The molecule has 0 N–H and O–H groups in total. The maximum atomic E-state index is 13.6. The second-order valence-corrected chi connectivity index (χ2v) is 5.59. The number of nitrogens with zero attached hydrogens (tertiary/aromatic N) is 1. The van der Waals surface area contributed by atoms with Crippen LogP contribution in [0.3, 0.4) is 0 Å². The van der Waals surface area contributed by atoms with E-state index in [1.807, 2.05) is 6.92 Å². The van der Waals surface area contributed by atoms with E-state index >= 15 is 0 Å². The summed E-state index contributed by atoms with van der Waals surface area (Å²) in [6, 6.07) is 3.36. The van der Waals surface area contributed by atoms with Crippen LogP contribution in [0.25, 0.3) is 0 Å². The predicted octanol–water partition coefficient (Wildman–Crippen LogP) is 4.76. The molecule has 1 nitrogen and oxygen atoms in total. The molecule has 112 valence electrons. The number of aromatic nitrogens is 1. The second kappa shape index (κ2) is 6.09. The van der Waals surface area contributed by atoms with Crippen LogP contribution in [0.2, 0.25) is 0 Å². The molecule has 1 aromatic carbocycles. The first-order chi connectivity index (χ1) is 9.82. The molecule has 0 aliphatic heterocycles. The third-order valence-corrected chi connectivity index (χ3v) is 3.70. The van der Waals surface area contributed by atoms with Gasteiger partial charge in [-0.25, -0.2) is 22.0 Å². The molecule has 0 saturated carbocycles. The highest BCUT2D eigenvalue weighted by molar-refractivity contribution is 9.09. The van der Waals surface area contributed by atoms with Crippen LogP contribution in [0.4, 0.5) is 22.0 Å². The number of aryl methyl sites for hydroxylation is 1. The molecule has 2 rings (SSSR count). The SMILES string of the molecule is Cc1ccc(CC(Br)c2c(F)c(F)c(F)c(F)c2F)nc1. The van der Waals surface area contributed by atoms with Crippen LogP contribution >= 0.6 is 15.9 Å². The highest BCUT2D eigenvalue weighted by atomic mass is 79.9. The highest BCUT2D eigenvalue weighted by Gasteiger charge is 2.29. The van der Waals surface area contributed by atoms with Crippen LogP contribution in [0.15, 0.2) is 18.3 Å². The lowest BCUT2D eigenvalue weighted by molar-refractivity contribution is 0.369. The van der Waals surface area contributed by atoms with Gasteiger partial charge in [0.05, 0.1) is 4.83 Å². The lowest BCUT2D eigenvalue weighted by atomic mass is 10.0. The normalized spacial score (nSPS) is 12.5. The molecule has 0 radical (unpaired) electrons. The molecule has 7 heteroatoms. The van der Waals surface area contributed by atoms with Gasteiger partial charge in [-0.15, -0.1) is 0 Å². The molecule has 0 fully saturated rings. The van der Waals surface area contributed by atoms with Crippen LogP contribution in [0.5, 0.6) is 0 Å². The van der Waals surface area contributed by atoms with Crippen molar-refractivity contribution in [2.45, 2.75) is 18.2 Å². The third kappa shape index (κ3) is 3.07. The van der Waals surface area contributed by atoms with Crippen molar-refractivity contribution in [3.05, 3.63) is 64.2 Å². The van der Waals surface area contributed by atoms with Crippen molar-refractivity contribution in [2.75, 3.05) is 0 Å². The van der Waals surface area contributed by atoms with E-state index in [0.717, 1.165) is 5.56 Å². The zero-order chi connectivity index (χ0) is 15.7. The quantitative estimate of drug-likeness (QED) is 0.330. The topological polar surface area (TPSA) is 12.9 Å². The van der Waals surface area contributed by atoms with Crippen molar-refractivity contribution in [3.8, 4) is 0 Å². The van der Waals surface area contributed by atoms with E-state index in [0.29, 0.717) is 5.69 Å². The first kappa shape index (κ1) is 15.9. The molecular formula is C14H9BrF5N. The fourth-order valence-corrected chi connectivity index (χ4v) is 2.54. The van der Waals surface area contributed by atoms with Crippen molar-refractivity contribution in [2.24, 2.45) is 0 Å². The molecule has 1 atom stereocenters. The first-order valence-electron chi connectivity index (χ1n) is 5.89. The zero-order valence-electron chi connectivity index (χ0n) is 10.7. The molecular weight excluding hydrogens is 357 g/mol. The van der Waals surface area contributed by atoms with Gasteiger partial charge in [0.1, 0.15) is 0 Å². The van der Waals surface area contributed by atoms with Gasteiger partial charge < -0.3 is 0 Å². The summed E-state index contributed by atoms with van der Waals surface area (Å²) in [7, 11) is 0. The van der Waals surface area contributed by atoms with Crippen molar-refractivity contribution in [1.29, 1.82) is 0 Å². The summed E-state index contributed by atoms with van der Waals surface area (Å²) < 4.78 is 66.6. The molecule has 0 aliphatic rings. The number of halogens is 6. The lowest BCUT2D eigenvalue weighted by Gasteiger charge is -2.13. The molecule has 2 aromatic rings. The van der Waals surface area contributed by atoms with Crippen LogP contribution < -0.4 is 0 Å². The number of pyridine rings is 1. The summed E-state index contributed by atoms with van der Waals surface area (Å²) in [5, 5.41) is 0. The number of alkyl halides is 1. The Morgan fingerprint density at radius 1 is 0.952 bits per heavy atom. The van der Waals surface area contributed by atoms with E-state index < -0.39 is 39.5 Å². The summed E-state index contributed by atoms with van der Waals surface area (Å²) >= 11 is 2.96. The van der Waals surface area contributed by atoms with E-state index in [9.17, 15) is 22.0 Å². The molecule has 0 bridgehead atoms. The van der Waals surface area contributed by atoms with Gasteiger partial charge in [-0.3, -0.25) is 4.98 Å². The molecule has 0 amide bonds. The van der Waals surface area contributed by atoms with Gasteiger partial charge in [-0.05, 0) is 18.6 Å². The Bertz CT molecular complexity index is 643. The summed E-state index contributed by atoms with van der Waals surface area (Å²) in [5.74, 6) is -9.74. The number of benzene rings is 1. The van der Waals surface area contributed by atoms with Crippen LogP contribution in [-0.4, -0.2) is 4.98 Å². The fourth-order valence-electron chi connectivity index (χ4n) is 1.80. The molecule has 1 unspecified atom stereocenters. The number of hydrogen-bond donors (Lipinski definition) is 0. The molecule has 0 spiro atoms. The van der Waals surface area contributed by atoms with Crippen LogP contribution in [0.1, 0.15) is 21.6 Å². The van der Waals surface area contributed by atoms with Gasteiger partial charge in [-0.2, -0.15) is 0 Å². The predicted molar refractivity (Wildman–Crippen MR) is 70.6 cm³/mol. The fraction of sp³-hybridized carbons (Fsp3) is 0.214.